The number of nitrogens with zero attached hydrogens (tertiary/aromatic N) is 2. The van der Waals surface area contributed by atoms with E-state index >= 15 is 0 Å². The van der Waals surface area contributed by atoms with E-state index in [9.17, 15) is 4.79 Å². The summed E-state index contributed by atoms with van der Waals surface area (Å²) in [6.45, 7) is 4.66. The number of benzene rings is 2. The van der Waals surface area contributed by atoms with Gasteiger partial charge in [0.05, 0.1) is 18.8 Å². The topological polar surface area (TPSA) is 75.7 Å². The Balaban J connectivity index is 2.33. The van der Waals surface area contributed by atoms with Crippen molar-refractivity contribution in [3.63, 3.8) is 0 Å². The molecule has 0 atom stereocenters. The largest absolute Gasteiger partial charge is 0.494 e. The van der Waals surface area contributed by atoms with Crippen molar-refractivity contribution in [2.75, 3.05) is 18.5 Å². The van der Waals surface area contributed by atoms with E-state index in [0.29, 0.717) is 36.0 Å². The molecule has 23 heavy (non-hydrogen) atoms. The van der Waals surface area contributed by atoms with Gasteiger partial charge < -0.3 is 14.8 Å². The van der Waals surface area contributed by atoms with Crippen molar-refractivity contribution in [3.8, 4) is 11.5 Å². The lowest BCUT2D eigenvalue weighted by Gasteiger charge is -2.12. The molecule has 0 saturated heterocycles. The minimum absolute atomic E-state index is 0.278. The van der Waals surface area contributed by atoms with Crippen LogP contribution in [0, 0.1) is 5.39 Å². The number of hydrogen-bond acceptors (Lipinski definition) is 4. The molecule has 2 rings (SSSR count). The normalized spacial score (nSPS) is 9.78. The maximum absolute atomic E-state index is 12.6. The van der Waals surface area contributed by atoms with Gasteiger partial charge in [0, 0.05) is 6.07 Å². The lowest BCUT2D eigenvalue weighted by Crippen LogP contribution is -2.14. The highest BCUT2D eigenvalue weighted by Crippen LogP contribution is 2.28. The summed E-state index contributed by atoms with van der Waals surface area (Å²) in [5, 5.41) is 11.7. The van der Waals surface area contributed by atoms with E-state index < -0.39 is 0 Å². The van der Waals surface area contributed by atoms with Gasteiger partial charge in [-0.1, -0.05) is 12.1 Å². The second-order valence-corrected chi connectivity index (χ2v) is 4.60. The molecular formula is C17H18N3O3+. The number of ether oxygens (including phenoxy) is 2. The molecule has 0 fully saturated rings. The average Bonchev–Trinajstić information content (AvgIpc) is 2.57. The Kier molecular flexibility index (Phi) is 5.53. The molecule has 118 valence electrons. The zero-order valence-electron chi connectivity index (χ0n) is 13.1. The third kappa shape index (κ3) is 3.98. The lowest BCUT2D eigenvalue weighted by molar-refractivity contribution is 0.102. The van der Waals surface area contributed by atoms with Gasteiger partial charge in [-0.15, -0.1) is 0 Å². The molecule has 0 aliphatic rings. The summed E-state index contributed by atoms with van der Waals surface area (Å²) in [6.07, 6.45) is 0. The summed E-state index contributed by atoms with van der Waals surface area (Å²) in [6, 6.07) is 11.8. The van der Waals surface area contributed by atoms with Crippen LogP contribution in [0.5, 0.6) is 11.5 Å². The third-order valence-electron chi connectivity index (χ3n) is 3.07. The molecule has 0 heterocycles. The molecular weight excluding hydrogens is 294 g/mol. The Morgan fingerprint density at radius 2 is 1.87 bits per heavy atom. The highest BCUT2D eigenvalue weighted by atomic mass is 16.5. The maximum Gasteiger partial charge on any atom is 0.408 e. The monoisotopic (exact) mass is 312 g/mol. The fourth-order valence-corrected chi connectivity index (χ4v) is 2.08. The molecule has 0 aliphatic heterocycles. The summed E-state index contributed by atoms with van der Waals surface area (Å²) in [5.74, 6) is 0.680. The Morgan fingerprint density at radius 3 is 2.57 bits per heavy atom. The Hall–Kier alpha value is -3.07. The zero-order valence-corrected chi connectivity index (χ0v) is 13.1. The van der Waals surface area contributed by atoms with Gasteiger partial charge in [-0.25, -0.2) is 0 Å². The van der Waals surface area contributed by atoms with Crippen LogP contribution in [0.3, 0.4) is 0 Å². The van der Waals surface area contributed by atoms with E-state index in [0.717, 1.165) is 0 Å². The molecule has 0 bridgehead atoms. The second kappa shape index (κ2) is 7.80. The highest BCUT2D eigenvalue weighted by molar-refractivity contribution is 6.07. The molecule has 6 nitrogen and oxygen atoms in total. The summed E-state index contributed by atoms with van der Waals surface area (Å²) in [4.78, 5) is 15.7. The number of hydrogen-bond donors (Lipinski definition) is 1. The van der Waals surface area contributed by atoms with Crippen LogP contribution in [0.15, 0.2) is 42.5 Å². The molecule has 0 aromatic heterocycles. The molecule has 2 aromatic carbocycles. The quantitative estimate of drug-likeness (QED) is 0.810. The molecule has 2 aromatic rings. The maximum atomic E-state index is 12.6. The molecule has 0 saturated carbocycles. The standard InChI is InChI=1S/C17H17N3O3/c1-3-22-12-9-10-16(23-4-2)13(11-12)17(21)19-14-7-5-6-8-15(14)20-18/h5-11H,3-4H2,1-2H3/p+1. The molecule has 0 aliphatic carbocycles. The fraction of sp³-hybridized carbons (Fsp3) is 0.235. The lowest BCUT2D eigenvalue weighted by atomic mass is 10.1. The van der Waals surface area contributed by atoms with Gasteiger partial charge in [0.1, 0.15) is 17.2 Å². The number of diazo groups is 1. The average molecular weight is 312 g/mol. The third-order valence-corrected chi connectivity index (χ3v) is 3.07. The van der Waals surface area contributed by atoms with Crippen LogP contribution in [-0.2, 0) is 0 Å². The first-order valence-electron chi connectivity index (χ1n) is 7.34. The van der Waals surface area contributed by atoms with Crippen molar-refractivity contribution in [3.05, 3.63) is 53.0 Å². The summed E-state index contributed by atoms with van der Waals surface area (Å²) in [7, 11) is 0. The predicted molar refractivity (Wildman–Crippen MR) is 87.9 cm³/mol. The molecule has 0 spiro atoms. The first kappa shape index (κ1) is 16.3. The van der Waals surface area contributed by atoms with Gasteiger partial charge >= 0.3 is 5.69 Å². The number of carbonyl (C=O) groups excluding carboxylic acids is 1. The van der Waals surface area contributed by atoms with Gasteiger partial charge in [-0.05, 0) is 38.1 Å². The number of amides is 1. The van der Waals surface area contributed by atoms with Crippen LogP contribution in [0.25, 0.3) is 4.98 Å². The van der Waals surface area contributed by atoms with Gasteiger partial charge in [0.25, 0.3) is 5.91 Å². The SMILES string of the molecule is CCOc1ccc(OCC)c(C(=O)Nc2ccccc2[N+]#N)c1. The van der Waals surface area contributed by atoms with Crippen molar-refractivity contribution in [1.29, 1.82) is 5.39 Å². The van der Waals surface area contributed by atoms with Crippen molar-refractivity contribution < 1.29 is 14.3 Å². The van der Waals surface area contributed by atoms with Crippen molar-refractivity contribution in [2.45, 2.75) is 13.8 Å². The van der Waals surface area contributed by atoms with Gasteiger partial charge in [0.15, 0.2) is 4.98 Å². The van der Waals surface area contributed by atoms with Crippen LogP contribution < -0.4 is 14.8 Å². The predicted octanol–water partition coefficient (Wildman–Crippen LogP) is 4.22. The highest BCUT2D eigenvalue weighted by Gasteiger charge is 2.19. The molecule has 0 unspecified atom stereocenters. The zero-order chi connectivity index (χ0) is 16.7. The Morgan fingerprint density at radius 1 is 1.13 bits per heavy atom. The number of nitrogens with one attached hydrogen (secondary N) is 1. The molecule has 0 radical (unpaired) electrons. The Bertz CT molecular complexity index is 738. The van der Waals surface area contributed by atoms with E-state index in [4.69, 9.17) is 14.9 Å². The van der Waals surface area contributed by atoms with Crippen molar-refractivity contribution >= 4 is 17.3 Å². The van der Waals surface area contributed by atoms with Crippen molar-refractivity contribution in [2.24, 2.45) is 0 Å². The minimum atomic E-state index is -0.369. The summed E-state index contributed by atoms with van der Waals surface area (Å²) < 4.78 is 10.9. The fourth-order valence-electron chi connectivity index (χ4n) is 2.08. The first-order chi connectivity index (χ1) is 11.2. The molecule has 6 heteroatoms. The molecule has 1 amide bonds. The van der Waals surface area contributed by atoms with Crippen molar-refractivity contribution in [1.82, 2.24) is 0 Å². The van der Waals surface area contributed by atoms with Gasteiger partial charge in [-0.2, -0.15) is 0 Å². The number of para-hydroxylation sites is 1. The smallest absolute Gasteiger partial charge is 0.408 e. The second-order valence-electron chi connectivity index (χ2n) is 4.60. The van der Waals surface area contributed by atoms with Crippen LogP contribution in [-0.4, -0.2) is 19.1 Å². The van der Waals surface area contributed by atoms with Gasteiger partial charge in [-0.3, -0.25) is 4.79 Å². The minimum Gasteiger partial charge on any atom is -0.494 e. The van der Waals surface area contributed by atoms with E-state index in [1.54, 1.807) is 42.5 Å². The number of rotatable bonds is 6. The molecule has 1 N–H and O–H groups in total. The van der Waals surface area contributed by atoms with E-state index in [1.807, 2.05) is 13.8 Å². The summed E-state index contributed by atoms with van der Waals surface area (Å²) >= 11 is 0. The van der Waals surface area contributed by atoms with E-state index in [1.165, 1.54) is 0 Å². The van der Waals surface area contributed by atoms with Gasteiger partial charge in [0.2, 0.25) is 5.39 Å². The number of anilines is 1. The summed E-state index contributed by atoms with van der Waals surface area (Å²) in [5.41, 5.74) is 1.04. The van der Waals surface area contributed by atoms with Crippen LogP contribution in [0.4, 0.5) is 11.4 Å². The van der Waals surface area contributed by atoms with E-state index in [-0.39, 0.29) is 11.6 Å². The van der Waals surface area contributed by atoms with Crippen LogP contribution >= 0.6 is 0 Å². The van der Waals surface area contributed by atoms with Crippen LogP contribution in [0.1, 0.15) is 24.2 Å². The van der Waals surface area contributed by atoms with Crippen LogP contribution in [0.2, 0.25) is 0 Å². The van der Waals surface area contributed by atoms with E-state index in [2.05, 4.69) is 10.3 Å². The number of carbonyl (C=O) groups is 1. The Labute approximate surface area is 134 Å². The first-order valence-corrected chi connectivity index (χ1v) is 7.34.